The molecule has 0 spiro atoms. The largest absolute Gasteiger partial charge is 0.370 e. The SMILES string of the molecule is CC(C)C[C@@H]1NC(=O)[C@@H]2CSSC[C@H](NC(=O)[C@H](CCCNC(=N)N)NC(=O)[C@@H]3CSSC[C@H](NC1=O)C(=O)N[C@@H](CCCNC(=N)N)C(=O)N[C@@H](CCCNC(=N)N)C(=O)NCC(=O)N[C@@H](C(C)C)C(=O)N3)C(=O)N[C@@H](CC(C)C)C(=O)N[C@H]1CSSC[C@H](NC(=O)[C@H](C(C)C)NC(=O)CNC(=O)[C@H](CCCNC(=N)N)NC(=O)[C@H](CCCNC(=N)N)NC1=O)C(=O)N[C@@H](CCCNC(=N)N)C(=O)N2. The van der Waals surface area contributed by atoms with Crippen LogP contribution in [-0.2, 0) is 86.3 Å². The van der Waals surface area contributed by atoms with Crippen LogP contribution in [0.4, 0.5) is 0 Å². The van der Waals surface area contributed by atoms with Crippen molar-refractivity contribution in [1.82, 2.24) is 128 Å². The highest BCUT2D eigenvalue weighted by atomic mass is 33.1. The molecule has 0 aromatic carbocycles. The van der Waals surface area contributed by atoms with Gasteiger partial charge in [0.1, 0.15) is 96.7 Å². The Labute approximate surface area is 835 Å². The van der Waals surface area contributed by atoms with Gasteiger partial charge in [0, 0.05) is 73.8 Å². The van der Waals surface area contributed by atoms with Gasteiger partial charge in [0.2, 0.25) is 106 Å². The van der Waals surface area contributed by atoms with Crippen LogP contribution in [0.5, 0.6) is 0 Å². The van der Waals surface area contributed by atoms with E-state index in [1.807, 2.05) is 0 Å². The Balaban J connectivity index is 2.19. The highest BCUT2D eigenvalue weighted by molar-refractivity contribution is 8.77. The second kappa shape index (κ2) is 63.8. The molecule has 786 valence electrons. The molecule has 4 rings (SSSR count). The minimum absolute atomic E-state index is 0.00788. The van der Waals surface area contributed by atoms with Crippen LogP contribution in [0.15, 0.2) is 0 Å². The van der Waals surface area contributed by atoms with Crippen LogP contribution >= 0.6 is 64.8 Å². The zero-order valence-corrected chi connectivity index (χ0v) is 84.5. The lowest BCUT2D eigenvalue weighted by Gasteiger charge is -2.30. The highest BCUT2D eigenvalue weighted by Crippen LogP contribution is 2.28. The van der Waals surface area contributed by atoms with E-state index in [-0.39, 0.29) is 129 Å². The third kappa shape index (κ3) is 47.0. The summed E-state index contributed by atoms with van der Waals surface area (Å²) in [6.45, 7) is 11.1. The quantitative estimate of drug-likeness (QED) is 0.0137. The number of nitrogens with two attached hydrogens (primary N) is 6. The average Bonchev–Trinajstić information content (AvgIpc) is 0.850. The lowest BCUT2D eigenvalue weighted by molar-refractivity contribution is -0.136. The van der Waals surface area contributed by atoms with Gasteiger partial charge in [-0.15, -0.1) is 0 Å². The number of carbonyl (C=O) groups excluding carboxylic acids is 18. The van der Waals surface area contributed by atoms with Crippen LogP contribution in [0.1, 0.15) is 145 Å². The summed E-state index contributed by atoms with van der Waals surface area (Å²) in [6, 6.07) is -26.4. The first kappa shape index (κ1) is 120. The monoisotopic (exact) mass is 2090 g/mol. The normalized spacial score (nSPS) is 25.6. The summed E-state index contributed by atoms with van der Waals surface area (Å²) in [5.41, 5.74) is 33.7. The number of guanidine groups is 6. The molecule has 60 heteroatoms. The van der Waals surface area contributed by atoms with Crippen LogP contribution < -0.4 is 162 Å². The van der Waals surface area contributed by atoms with E-state index in [2.05, 4.69) is 128 Å². The van der Waals surface area contributed by atoms with Crippen LogP contribution in [0, 0.1) is 56.1 Å². The standard InChI is InChI=1S/C80H142N36O18S6/c1-37(2)27-47-65(125)111-49-31-135-139-35-53(113-73(133)57(39(5)6)115-55(117)29-99-59(119)41(15-9-21-93-75(81)82)101-61(121)43(103-67(49)127)17-11-23-95-77(85)86)70(130)106-46(20-14-26-98-80(91)92)64(124)110-52-34-138-137-33-51(71(131)107-47)109-63(123)45(19-13-25-97-79(89)90)105-69(129)54-36-140-136-32-50(112-66(126)48(28-38(3)4)108-72(52)132)68(128)104-44(18-12-24-96-78(87)88)62(122)102-42(16-10-22-94-76(83)84)60(120)100-30-56(118)116-58(40(7)8)74(134)114-54/h37-54,57-58H,9-36H2,1-8H3,(H,99,119)(H,100,120)(H,101,121)(H,102,122)(H,103,127)(H,104,128)(H,105,129)(H,106,130)(H,107,131)(H,108,132)(H,109,123)(H,110,124)(H,111,125)(H,112,126)(H,113,133)(H,114,134)(H,115,117)(H,116,118)(H4,81,82,93)(H4,83,84,94)(H4,85,86,95)(H4,87,88,96)(H4,89,90,97)(H4,91,92,98)/t41-,42-,43-,44-,45-,46-,47-,48-,49-,50-,51-,52-,53-,54-,57-,58-/m0/s1. The van der Waals surface area contributed by atoms with Crippen molar-refractivity contribution in [3.8, 4) is 0 Å². The number of fused-ring (bicyclic) bond motifs is 15. The molecule has 4 fully saturated rings. The van der Waals surface area contributed by atoms with Gasteiger partial charge in [0.25, 0.3) is 0 Å². The van der Waals surface area contributed by atoms with Crippen LogP contribution in [0.25, 0.3) is 0 Å². The molecular formula is C80H142N36O18S6. The van der Waals surface area contributed by atoms with E-state index in [9.17, 15) is 38.4 Å². The molecule has 0 aromatic heterocycles. The smallest absolute Gasteiger partial charge is 0.244 e. The first-order valence-corrected chi connectivity index (χ1v) is 53.2. The zero-order chi connectivity index (χ0) is 104. The third-order valence-electron chi connectivity index (χ3n) is 21.2. The molecule has 0 aliphatic carbocycles. The molecule has 6 bridgehead atoms. The van der Waals surface area contributed by atoms with E-state index in [1.54, 1.807) is 55.4 Å². The Morgan fingerprint density at radius 2 is 0.421 bits per heavy atom. The number of hydrogen-bond acceptors (Lipinski definition) is 30. The summed E-state index contributed by atoms with van der Waals surface area (Å²) in [4.78, 5) is 271. The average molecular weight is 2090 g/mol. The Kier molecular flexibility index (Phi) is 54.9. The maximum absolute atomic E-state index is 15.7. The Hall–Kier alpha value is -11.8. The molecular weight excluding hydrogens is 1950 g/mol. The van der Waals surface area contributed by atoms with E-state index in [4.69, 9.17) is 66.9 Å². The molecule has 0 saturated carbocycles. The number of carbonyl (C=O) groups is 18. The molecule has 18 amide bonds. The maximum atomic E-state index is 15.7. The van der Waals surface area contributed by atoms with Crippen molar-refractivity contribution in [2.75, 3.05) is 86.9 Å². The molecule has 54 nitrogen and oxygen atoms in total. The second-order valence-corrected chi connectivity index (χ2v) is 42.4. The highest BCUT2D eigenvalue weighted by Gasteiger charge is 2.42. The zero-order valence-electron chi connectivity index (χ0n) is 79.6. The fourth-order valence-corrected chi connectivity index (χ4v) is 20.9. The van der Waals surface area contributed by atoms with Gasteiger partial charge in [0.15, 0.2) is 35.8 Å². The van der Waals surface area contributed by atoms with Gasteiger partial charge >= 0.3 is 0 Å². The Morgan fingerprint density at radius 3 is 0.614 bits per heavy atom. The predicted molar refractivity (Wildman–Crippen MR) is 535 cm³/mol. The first-order valence-electron chi connectivity index (χ1n) is 45.7. The van der Waals surface area contributed by atoms with E-state index >= 15 is 47.9 Å². The molecule has 0 unspecified atom stereocenters. The topological polar surface area (TPSA) is 895 Å². The van der Waals surface area contributed by atoms with Crippen molar-refractivity contribution >= 4 is 207 Å². The van der Waals surface area contributed by atoms with Gasteiger partial charge in [-0.2, -0.15) is 0 Å². The van der Waals surface area contributed by atoms with Crippen molar-refractivity contribution in [3.05, 3.63) is 0 Å². The van der Waals surface area contributed by atoms with Gasteiger partial charge < -0.3 is 162 Å². The number of rotatable bonds is 30. The lowest BCUT2D eigenvalue weighted by Crippen LogP contribution is -2.62. The Morgan fingerprint density at radius 1 is 0.250 bits per heavy atom. The molecule has 140 heavy (non-hydrogen) atoms. The van der Waals surface area contributed by atoms with Crippen molar-refractivity contribution in [3.63, 3.8) is 0 Å². The molecule has 42 N–H and O–H groups in total. The van der Waals surface area contributed by atoms with Crippen molar-refractivity contribution in [2.45, 2.75) is 242 Å². The maximum Gasteiger partial charge on any atom is 0.244 e. The summed E-state index contributed by atoms with van der Waals surface area (Å²) >= 11 is 0. The van der Waals surface area contributed by atoms with Crippen LogP contribution in [-0.4, -0.2) is 326 Å². The van der Waals surface area contributed by atoms with Gasteiger partial charge in [-0.3, -0.25) is 119 Å². The minimum Gasteiger partial charge on any atom is -0.370 e. The molecule has 4 heterocycles. The minimum atomic E-state index is -1.80. The lowest BCUT2D eigenvalue weighted by atomic mass is 10.0. The fourth-order valence-electron chi connectivity index (χ4n) is 13.9. The molecule has 4 saturated heterocycles. The van der Waals surface area contributed by atoms with Gasteiger partial charge in [-0.25, -0.2) is 0 Å². The van der Waals surface area contributed by atoms with Crippen molar-refractivity contribution < 1.29 is 86.3 Å². The molecule has 16 atom stereocenters. The van der Waals surface area contributed by atoms with Crippen molar-refractivity contribution in [1.29, 1.82) is 32.5 Å². The summed E-state index contributed by atoms with van der Waals surface area (Å²) in [5.74, 6) is -26.6. The van der Waals surface area contributed by atoms with Gasteiger partial charge in [0.05, 0.1) is 13.1 Å². The predicted octanol–water partition coefficient (Wildman–Crippen LogP) is -9.84. The van der Waals surface area contributed by atoms with E-state index in [0.717, 1.165) is 64.8 Å². The Bertz CT molecular complexity index is 4060. The first-order chi connectivity index (χ1) is 66.1. The van der Waals surface area contributed by atoms with Crippen molar-refractivity contribution in [2.24, 2.45) is 58.1 Å². The van der Waals surface area contributed by atoms with Gasteiger partial charge in [-0.05, 0) is 114 Å². The third-order valence-corrected chi connectivity index (χ3v) is 28.5. The summed E-state index contributed by atoms with van der Waals surface area (Å²) in [7, 11) is 4.91. The number of nitrogens with one attached hydrogen (secondary N) is 30. The number of hydrogen-bond donors (Lipinski definition) is 36. The van der Waals surface area contributed by atoms with E-state index < -0.39 is 310 Å². The molecule has 4 aliphatic rings. The van der Waals surface area contributed by atoms with Crippen LogP contribution in [0.3, 0.4) is 0 Å². The summed E-state index contributed by atoms with van der Waals surface area (Å²) in [6.07, 6.45) is -1.96. The van der Waals surface area contributed by atoms with E-state index in [0.29, 0.717) is 0 Å². The summed E-state index contributed by atoms with van der Waals surface area (Å²) in [5, 5.41) is 110. The second-order valence-electron chi connectivity index (χ2n) is 34.7. The number of amides is 18. The van der Waals surface area contributed by atoms with Crippen LogP contribution in [0.2, 0.25) is 0 Å². The molecule has 0 aromatic rings. The molecule has 4 aliphatic heterocycles. The van der Waals surface area contributed by atoms with E-state index in [1.165, 1.54) is 0 Å². The summed E-state index contributed by atoms with van der Waals surface area (Å²) < 4.78 is 0. The fraction of sp³-hybridized carbons (Fsp3) is 0.700. The van der Waals surface area contributed by atoms with Gasteiger partial charge in [-0.1, -0.05) is 120 Å². The molecule has 0 radical (unpaired) electrons.